The van der Waals surface area contributed by atoms with Crippen molar-refractivity contribution in [3.8, 4) is 11.1 Å². The lowest BCUT2D eigenvalue weighted by Gasteiger charge is -2.25. The van der Waals surface area contributed by atoms with Gasteiger partial charge in [0.15, 0.2) is 0 Å². The highest BCUT2D eigenvalue weighted by atomic mass is 15.1. The van der Waals surface area contributed by atoms with Gasteiger partial charge in [0.1, 0.15) is 0 Å². The summed E-state index contributed by atoms with van der Waals surface area (Å²) in [4.78, 5) is 6.66. The van der Waals surface area contributed by atoms with E-state index >= 15 is 0 Å². The van der Waals surface area contributed by atoms with Crippen LogP contribution in [0.25, 0.3) is 11.1 Å². The minimum atomic E-state index is 1.03. The van der Waals surface area contributed by atoms with Crippen LogP contribution in [0.1, 0.15) is 5.69 Å². The maximum absolute atomic E-state index is 4.40. The van der Waals surface area contributed by atoms with Gasteiger partial charge in [0.2, 0.25) is 0 Å². The van der Waals surface area contributed by atoms with Crippen LogP contribution in [0.5, 0.6) is 0 Å². The molecule has 126 valence electrons. The Balaban J connectivity index is 1.73. The largest absolute Gasteiger partial charge is 0.311 e. The number of para-hydroxylation sites is 2. The molecule has 26 heavy (non-hydrogen) atoms. The van der Waals surface area contributed by atoms with E-state index in [0.29, 0.717) is 0 Å². The minimum Gasteiger partial charge on any atom is -0.311 e. The van der Waals surface area contributed by atoms with Gasteiger partial charge in [-0.1, -0.05) is 54.6 Å². The van der Waals surface area contributed by atoms with Crippen LogP contribution in [0.3, 0.4) is 0 Å². The maximum atomic E-state index is 4.40. The Morgan fingerprint density at radius 1 is 0.538 bits per heavy atom. The Labute approximate surface area is 154 Å². The molecule has 0 bridgehead atoms. The molecule has 4 rings (SSSR count). The second-order valence-corrected chi connectivity index (χ2v) is 6.24. The maximum Gasteiger partial charge on any atom is 0.0462 e. The third-order valence-electron chi connectivity index (χ3n) is 4.40. The summed E-state index contributed by atoms with van der Waals surface area (Å²) in [5, 5.41) is 0. The molecule has 0 fully saturated rings. The van der Waals surface area contributed by atoms with Crippen molar-refractivity contribution in [2.45, 2.75) is 6.92 Å². The van der Waals surface area contributed by atoms with Gasteiger partial charge in [-0.2, -0.15) is 0 Å². The summed E-state index contributed by atoms with van der Waals surface area (Å²) in [7, 11) is 0. The van der Waals surface area contributed by atoms with Gasteiger partial charge < -0.3 is 4.90 Å². The van der Waals surface area contributed by atoms with Crippen molar-refractivity contribution in [1.29, 1.82) is 0 Å². The Hall–Kier alpha value is -3.39. The van der Waals surface area contributed by atoms with E-state index in [1.165, 1.54) is 5.56 Å². The van der Waals surface area contributed by atoms with Crippen LogP contribution in [0.4, 0.5) is 17.1 Å². The van der Waals surface area contributed by atoms with Gasteiger partial charge in [-0.15, -0.1) is 0 Å². The van der Waals surface area contributed by atoms with Crippen molar-refractivity contribution < 1.29 is 0 Å². The summed E-state index contributed by atoms with van der Waals surface area (Å²) in [5.74, 6) is 0. The van der Waals surface area contributed by atoms with Crippen molar-refractivity contribution >= 4 is 17.1 Å². The lowest BCUT2D eigenvalue weighted by Crippen LogP contribution is -2.09. The fourth-order valence-electron chi connectivity index (χ4n) is 3.04. The summed E-state index contributed by atoms with van der Waals surface area (Å²) >= 11 is 0. The molecular formula is C24H20N2. The summed E-state index contributed by atoms with van der Waals surface area (Å²) in [5.41, 5.74) is 6.75. The van der Waals surface area contributed by atoms with E-state index in [1.807, 2.05) is 31.3 Å². The molecule has 0 amide bonds. The molecule has 0 aliphatic carbocycles. The number of hydrogen-bond acceptors (Lipinski definition) is 2. The molecule has 0 N–H and O–H groups in total. The average molecular weight is 336 g/mol. The highest BCUT2D eigenvalue weighted by molar-refractivity contribution is 5.78. The number of anilines is 3. The Morgan fingerprint density at radius 3 is 1.54 bits per heavy atom. The quantitative estimate of drug-likeness (QED) is 0.421. The first-order valence-corrected chi connectivity index (χ1v) is 8.74. The van der Waals surface area contributed by atoms with E-state index in [4.69, 9.17) is 0 Å². The molecule has 2 heteroatoms. The molecule has 0 saturated heterocycles. The van der Waals surface area contributed by atoms with E-state index in [1.54, 1.807) is 0 Å². The van der Waals surface area contributed by atoms with E-state index in [9.17, 15) is 0 Å². The summed E-state index contributed by atoms with van der Waals surface area (Å²) < 4.78 is 0. The summed E-state index contributed by atoms with van der Waals surface area (Å²) in [6.07, 6.45) is 1.93. The highest BCUT2D eigenvalue weighted by Crippen LogP contribution is 2.35. The first kappa shape index (κ1) is 16.1. The van der Waals surface area contributed by atoms with Gasteiger partial charge in [-0.05, 0) is 55.0 Å². The number of benzene rings is 3. The monoisotopic (exact) mass is 336 g/mol. The number of hydrogen-bond donors (Lipinski definition) is 0. The van der Waals surface area contributed by atoms with Crippen LogP contribution in [0.15, 0.2) is 103 Å². The zero-order valence-electron chi connectivity index (χ0n) is 14.7. The summed E-state index contributed by atoms with van der Waals surface area (Å²) in [6, 6.07) is 33.7. The predicted molar refractivity (Wildman–Crippen MR) is 109 cm³/mol. The Kier molecular flexibility index (Phi) is 4.48. The fourth-order valence-corrected chi connectivity index (χ4v) is 3.04. The fraction of sp³-hybridized carbons (Fsp3) is 0.0417. The molecule has 0 saturated carbocycles. The minimum absolute atomic E-state index is 1.03. The van der Waals surface area contributed by atoms with Crippen LogP contribution in [-0.2, 0) is 0 Å². The van der Waals surface area contributed by atoms with Gasteiger partial charge in [-0.25, -0.2) is 0 Å². The standard InChI is InChI=1S/C24H20N2/c1-19-12-13-21(18-25-19)20-14-16-24(17-15-20)26(22-8-4-2-5-9-22)23-10-6-3-7-11-23/h2-18H,1H3. The van der Waals surface area contributed by atoms with Crippen molar-refractivity contribution in [1.82, 2.24) is 4.98 Å². The highest BCUT2D eigenvalue weighted by Gasteiger charge is 2.11. The molecule has 1 heterocycles. The van der Waals surface area contributed by atoms with Crippen molar-refractivity contribution in [2.24, 2.45) is 0 Å². The van der Waals surface area contributed by atoms with Gasteiger partial charge in [0, 0.05) is 34.5 Å². The smallest absolute Gasteiger partial charge is 0.0462 e. The molecule has 3 aromatic carbocycles. The van der Waals surface area contributed by atoms with Crippen LogP contribution < -0.4 is 4.90 Å². The molecule has 0 aliphatic heterocycles. The molecule has 0 spiro atoms. The third kappa shape index (κ3) is 3.35. The number of aromatic nitrogens is 1. The van der Waals surface area contributed by atoms with Crippen LogP contribution in [0.2, 0.25) is 0 Å². The zero-order valence-corrected chi connectivity index (χ0v) is 14.7. The van der Waals surface area contributed by atoms with Crippen LogP contribution >= 0.6 is 0 Å². The first-order chi connectivity index (χ1) is 12.8. The molecule has 2 nitrogen and oxygen atoms in total. The van der Waals surface area contributed by atoms with Crippen LogP contribution in [-0.4, -0.2) is 4.98 Å². The molecule has 0 radical (unpaired) electrons. The summed E-state index contributed by atoms with van der Waals surface area (Å²) in [6.45, 7) is 2.00. The predicted octanol–water partition coefficient (Wildman–Crippen LogP) is 6.53. The van der Waals surface area contributed by atoms with Crippen molar-refractivity contribution in [3.63, 3.8) is 0 Å². The SMILES string of the molecule is Cc1ccc(-c2ccc(N(c3ccccc3)c3ccccc3)cc2)cn1. The van der Waals surface area contributed by atoms with Gasteiger partial charge >= 0.3 is 0 Å². The normalized spacial score (nSPS) is 10.5. The second kappa shape index (κ2) is 7.24. The average Bonchev–Trinajstić information content (AvgIpc) is 2.71. The van der Waals surface area contributed by atoms with Crippen LogP contribution in [0, 0.1) is 6.92 Å². The Bertz CT molecular complexity index is 921. The lowest BCUT2D eigenvalue weighted by atomic mass is 10.1. The molecular weight excluding hydrogens is 316 g/mol. The Morgan fingerprint density at radius 2 is 1.04 bits per heavy atom. The number of aryl methyl sites for hydroxylation is 1. The lowest BCUT2D eigenvalue weighted by molar-refractivity contribution is 1.20. The molecule has 1 aromatic heterocycles. The number of nitrogens with zero attached hydrogens (tertiary/aromatic N) is 2. The van der Waals surface area contributed by atoms with E-state index in [-0.39, 0.29) is 0 Å². The second-order valence-electron chi connectivity index (χ2n) is 6.24. The molecule has 0 atom stereocenters. The van der Waals surface area contributed by atoms with Gasteiger partial charge in [0.05, 0.1) is 0 Å². The van der Waals surface area contributed by atoms with E-state index < -0.39 is 0 Å². The topological polar surface area (TPSA) is 16.1 Å². The number of pyridine rings is 1. The van der Waals surface area contributed by atoms with E-state index in [2.05, 4.69) is 88.7 Å². The zero-order chi connectivity index (χ0) is 17.8. The molecule has 0 unspecified atom stereocenters. The van der Waals surface area contributed by atoms with Crippen molar-refractivity contribution in [2.75, 3.05) is 4.90 Å². The first-order valence-electron chi connectivity index (χ1n) is 8.74. The van der Waals surface area contributed by atoms with Gasteiger partial charge in [-0.3, -0.25) is 4.98 Å². The third-order valence-corrected chi connectivity index (χ3v) is 4.40. The van der Waals surface area contributed by atoms with Crippen molar-refractivity contribution in [3.05, 3.63) is 109 Å². The molecule has 0 aliphatic rings. The van der Waals surface area contributed by atoms with E-state index in [0.717, 1.165) is 28.3 Å². The molecule has 4 aromatic rings. The van der Waals surface area contributed by atoms with Gasteiger partial charge in [0.25, 0.3) is 0 Å². The number of rotatable bonds is 4.